The lowest BCUT2D eigenvalue weighted by atomic mass is 10.2. The highest BCUT2D eigenvalue weighted by atomic mass is 79.9. The SMILES string of the molecule is CCOc1cc(N(CC)CC)ccc1N=Nc1c(Br)cc([N+](=O)[O-])cc1Br. The molecule has 0 atom stereocenters. The predicted molar refractivity (Wildman–Crippen MR) is 114 cm³/mol. The molecule has 0 spiro atoms. The van der Waals surface area contributed by atoms with Gasteiger partial charge in [0.2, 0.25) is 0 Å². The van der Waals surface area contributed by atoms with Crippen LogP contribution in [-0.4, -0.2) is 24.6 Å². The minimum absolute atomic E-state index is 0.0359. The second kappa shape index (κ2) is 9.80. The molecule has 0 aliphatic carbocycles. The summed E-state index contributed by atoms with van der Waals surface area (Å²) < 4.78 is 6.68. The fraction of sp³-hybridized carbons (Fsp3) is 0.333. The number of benzene rings is 2. The topological polar surface area (TPSA) is 80.3 Å². The maximum Gasteiger partial charge on any atom is 0.271 e. The summed E-state index contributed by atoms with van der Waals surface area (Å²) in [5.41, 5.74) is 2.08. The van der Waals surface area contributed by atoms with Gasteiger partial charge in [-0.2, -0.15) is 0 Å². The van der Waals surface area contributed by atoms with Crippen molar-refractivity contribution in [2.75, 3.05) is 24.6 Å². The molecule has 0 fully saturated rings. The number of nitro benzene ring substituents is 1. The van der Waals surface area contributed by atoms with Crippen molar-refractivity contribution < 1.29 is 9.66 Å². The molecule has 0 aromatic heterocycles. The average Bonchev–Trinajstić information content (AvgIpc) is 2.63. The van der Waals surface area contributed by atoms with Crippen LogP contribution in [0.25, 0.3) is 0 Å². The Hall–Kier alpha value is -2.00. The van der Waals surface area contributed by atoms with Gasteiger partial charge in [-0.05, 0) is 64.8 Å². The minimum atomic E-state index is -0.463. The number of hydrogen-bond donors (Lipinski definition) is 0. The van der Waals surface area contributed by atoms with Gasteiger partial charge in [0.05, 0.1) is 20.5 Å². The lowest BCUT2D eigenvalue weighted by molar-refractivity contribution is -0.385. The van der Waals surface area contributed by atoms with Gasteiger partial charge in [-0.25, -0.2) is 0 Å². The van der Waals surface area contributed by atoms with Crippen LogP contribution in [0.5, 0.6) is 5.75 Å². The van der Waals surface area contributed by atoms with Crippen molar-refractivity contribution in [1.29, 1.82) is 0 Å². The Morgan fingerprint density at radius 2 is 1.70 bits per heavy atom. The fourth-order valence-electron chi connectivity index (χ4n) is 2.50. The first kappa shape index (κ1) is 21.3. The van der Waals surface area contributed by atoms with Crippen molar-refractivity contribution in [2.45, 2.75) is 20.8 Å². The van der Waals surface area contributed by atoms with E-state index in [9.17, 15) is 10.1 Å². The van der Waals surface area contributed by atoms with Gasteiger partial charge in [-0.15, -0.1) is 10.2 Å². The summed E-state index contributed by atoms with van der Waals surface area (Å²) in [6, 6.07) is 8.57. The van der Waals surface area contributed by atoms with E-state index >= 15 is 0 Å². The van der Waals surface area contributed by atoms with Crippen LogP contribution in [0.4, 0.5) is 22.7 Å². The highest BCUT2D eigenvalue weighted by Crippen LogP contribution is 2.39. The van der Waals surface area contributed by atoms with Gasteiger partial charge in [0.1, 0.15) is 17.1 Å². The van der Waals surface area contributed by atoms with Gasteiger partial charge >= 0.3 is 0 Å². The van der Waals surface area contributed by atoms with E-state index in [1.165, 1.54) is 12.1 Å². The number of non-ortho nitro benzene ring substituents is 1. The summed E-state index contributed by atoms with van der Waals surface area (Å²) in [7, 11) is 0. The number of anilines is 1. The molecule has 2 aromatic carbocycles. The van der Waals surface area contributed by atoms with Crippen LogP contribution in [0.3, 0.4) is 0 Å². The van der Waals surface area contributed by atoms with Crippen molar-refractivity contribution in [2.24, 2.45) is 10.2 Å². The Kier molecular flexibility index (Phi) is 7.73. The second-order valence-corrected chi connectivity index (χ2v) is 7.18. The van der Waals surface area contributed by atoms with Crippen LogP contribution >= 0.6 is 31.9 Å². The third-order valence-electron chi connectivity index (χ3n) is 3.84. The van der Waals surface area contributed by atoms with Crippen molar-refractivity contribution in [3.63, 3.8) is 0 Å². The molecule has 0 saturated carbocycles. The highest BCUT2D eigenvalue weighted by molar-refractivity contribution is 9.11. The quantitative estimate of drug-likeness (QED) is 0.227. The molecule has 0 saturated heterocycles. The molecule has 0 radical (unpaired) electrons. The third-order valence-corrected chi connectivity index (χ3v) is 5.05. The van der Waals surface area contributed by atoms with Gasteiger partial charge in [-0.3, -0.25) is 10.1 Å². The zero-order chi connectivity index (χ0) is 20.0. The second-order valence-electron chi connectivity index (χ2n) is 5.47. The van der Waals surface area contributed by atoms with Gasteiger partial charge in [0, 0.05) is 37.0 Å². The molecule has 7 nitrogen and oxygen atoms in total. The van der Waals surface area contributed by atoms with Crippen molar-refractivity contribution >= 4 is 54.6 Å². The first-order valence-electron chi connectivity index (χ1n) is 8.48. The maximum atomic E-state index is 10.9. The smallest absolute Gasteiger partial charge is 0.271 e. The molecule has 0 unspecified atom stereocenters. The van der Waals surface area contributed by atoms with E-state index in [0.717, 1.165) is 18.8 Å². The minimum Gasteiger partial charge on any atom is -0.491 e. The summed E-state index contributed by atoms with van der Waals surface area (Å²) in [5, 5.41) is 19.5. The Morgan fingerprint density at radius 1 is 1.07 bits per heavy atom. The molecule has 2 aromatic rings. The molecule has 27 heavy (non-hydrogen) atoms. The normalized spacial score (nSPS) is 11.0. The Balaban J connectivity index is 2.40. The number of rotatable bonds is 8. The number of ether oxygens (including phenoxy) is 1. The van der Waals surface area contributed by atoms with Gasteiger partial charge < -0.3 is 9.64 Å². The third kappa shape index (κ3) is 5.26. The Morgan fingerprint density at radius 3 is 2.22 bits per heavy atom. The molecule has 2 rings (SSSR count). The van der Waals surface area contributed by atoms with Crippen molar-refractivity contribution in [3.05, 3.63) is 49.4 Å². The zero-order valence-corrected chi connectivity index (χ0v) is 18.4. The van der Waals surface area contributed by atoms with E-state index in [1.54, 1.807) is 0 Å². The standard InChI is InChI=1S/C18H20Br2N4O3/c1-4-23(5-2)12-7-8-16(17(11-12)27-6-3)21-22-18-14(19)9-13(24(25)26)10-15(18)20/h7-11H,4-6H2,1-3H3. The Labute approximate surface area is 174 Å². The van der Waals surface area contributed by atoms with E-state index in [0.29, 0.717) is 32.7 Å². The lowest BCUT2D eigenvalue weighted by Crippen LogP contribution is -2.21. The predicted octanol–water partition coefficient (Wildman–Crippen LogP) is 6.78. The molecule has 144 valence electrons. The summed E-state index contributed by atoms with van der Waals surface area (Å²) in [6.45, 7) is 8.41. The van der Waals surface area contributed by atoms with E-state index in [-0.39, 0.29) is 5.69 Å². The Bertz CT molecular complexity index is 831. The van der Waals surface area contributed by atoms with Crippen LogP contribution in [-0.2, 0) is 0 Å². The van der Waals surface area contributed by atoms with Gasteiger partial charge in [0.25, 0.3) is 5.69 Å². The molecule has 0 bridgehead atoms. The largest absolute Gasteiger partial charge is 0.491 e. The van der Waals surface area contributed by atoms with Crippen molar-refractivity contribution in [1.82, 2.24) is 0 Å². The summed E-state index contributed by atoms with van der Waals surface area (Å²) >= 11 is 6.62. The summed E-state index contributed by atoms with van der Waals surface area (Å²) in [4.78, 5) is 12.7. The van der Waals surface area contributed by atoms with Crippen LogP contribution in [0.2, 0.25) is 0 Å². The van der Waals surface area contributed by atoms with E-state index in [1.807, 2.05) is 25.1 Å². The number of halogens is 2. The van der Waals surface area contributed by atoms with Crippen LogP contribution in [0, 0.1) is 10.1 Å². The average molecular weight is 500 g/mol. The number of nitrogens with zero attached hydrogens (tertiary/aromatic N) is 4. The maximum absolute atomic E-state index is 10.9. The zero-order valence-electron chi connectivity index (χ0n) is 15.3. The molecule has 0 heterocycles. The first-order valence-corrected chi connectivity index (χ1v) is 10.1. The number of nitro groups is 1. The van der Waals surface area contributed by atoms with Crippen molar-refractivity contribution in [3.8, 4) is 5.75 Å². The lowest BCUT2D eigenvalue weighted by Gasteiger charge is -2.22. The van der Waals surface area contributed by atoms with Crippen LogP contribution < -0.4 is 9.64 Å². The molecule has 0 N–H and O–H groups in total. The van der Waals surface area contributed by atoms with Gasteiger partial charge in [0.15, 0.2) is 0 Å². The van der Waals surface area contributed by atoms with Gasteiger partial charge in [-0.1, -0.05) is 0 Å². The summed E-state index contributed by atoms with van der Waals surface area (Å²) in [6.07, 6.45) is 0. The molecule has 0 aliphatic rings. The molecule has 0 amide bonds. The van der Waals surface area contributed by atoms with E-state index < -0.39 is 4.92 Å². The van der Waals surface area contributed by atoms with E-state index in [2.05, 4.69) is 60.8 Å². The highest BCUT2D eigenvalue weighted by Gasteiger charge is 2.14. The van der Waals surface area contributed by atoms with Crippen LogP contribution in [0.1, 0.15) is 20.8 Å². The molecule has 9 heteroatoms. The monoisotopic (exact) mass is 498 g/mol. The fourth-order valence-corrected chi connectivity index (χ4v) is 3.82. The molecular weight excluding hydrogens is 480 g/mol. The number of azo groups is 1. The molecular formula is C18H20Br2N4O3. The molecule has 0 aliphatic heterocycles. The number of hydrogen-bond acceptors (Lipinski definition) is 6. The summed E-state index contributed by atoms with van der Waals surface area (Å²) in [5.74, 6) is 0.639. The first-order chi connectivity index (χ1) is 12.9. The van der Waals surface area contributed by atoms with Crippen LogP contribution in [0.15, 0.2) is 49.5 Å². The van der Waals surface area contributed by atoms with E-state index in [4.69, 9.17) is 4.74 Å².